The van der Waals surface area contributed by atoms with Gasteiger partial charge in [-0.05, 0) is 25.5 Å². The van der Waals surface area contributed by atoms with Crippen molar-refractivity contribution in [1.82, 2.24) is 5.32 Å². The Hall–Kier alpha value is -2.04. The van der Waals surface area contributed by atoms with E-state index in [9.17, 15) is 9.59 Å². The predicted octanol–water partition coefficient (Wildman–Crippen LogP) is 1.83. The van der Waals surface area contributed by atoms with Crippen molar-refractivity contribution in [3.63, 3.8) is 0 Å². The average molecular weight is 279 g/mol. The SMILES string of the molecule is CCCNC(=O)COC(=O)CCOc1ccc(C)cc1. The molecule has 0 aliphatic heterocycles. The summed E-state index contributed by atoms with van der Waals surface area (Å²) in [5, 5.41) is 2.63. The van der Waals surface area contributed by atoms with Gasteiger partial charge >= 0.3 is 5.97 Å². The molecule has 1 N–H and O–H groups in total. The van der Waals surface area contributed by atoms with Crippen LogP contribution >= 0.6 is 0 Å². The van der Waals surface area contributed by atoms with Crippen LogP contribution in [-0.2, 0) is 14.3 Å². The number of carbonyl (C=O) groups is 2. The quantitative estimate of drug-likeness (QED) is 0.737. The first-order valence-electron chi connectivity index (χ1n) is 6.73. The van der Waals surface area contributed by atoms with Crippen molar-refractivity contribution in [2.45, 2.75) is 26.7 Å². The normalized spacial score (nSPS) is 9.90. The standard InChI is InChI=1S/C15H21NO4/c1-3-9-16-14(17)11-20-15(18)8-10-19-13-6-4-12(2)5-7-13/h4-7H,3,8-11H2,1-2H3,(H,16,17). The molecule has 0 aliphatic rings. The fourth-order valence-corrected chi connectivity index (χ4v) is 1.42. The largest absolute Gasteiger partial charge is 0.493 e. The van der Waals surface area contributed by atoms with E-state index in [0.29, 0.717) is 12.3 Å². The van der Waals surface area contributed by atoms with Crippen molar-refractivity contribution in [2.75, 3.05) is 19.8 Å². The molecule has 0 bridgehead atoms. The van der Waals surface area contributed by atoms with E-state index in [-0.39, 0.29) is 25.5 Å². The molecule has 0 unspecified atom stereocenters. The fourth-order valence-electron chi connectivity index (χ4n) is 1.42. The minimum Gasteiger partial charge on any atom is -0.493 e. The van der Waals surface area contributed by atoms with Crippen LogP contribution in [-0.4, -0.2) is 31.6 Å². The van der Waals surface area contributed by atoms with Crippen molar-refractivity contribution in [2.24, 2.45) is 0 Å². The van der Waals surface area contributed by atoms with Gasteiger partial charge in [0.1, 0.15) is 5.75 Å². The number of benzene rings is 1. The Morgan fingerprint density at radius 2 is 1.90 bits per heavy atom. The molecule has 0 saturated heterocycles. The summed E-state index contributed by atoms with van der Waals surface area (Å²) in [7, 11) is 0. The second-order valence-corrected chi connectivity index (χ2v) is 4.42. The molecule has 110 valence electrons. The van der Waals surface area contributed by atoms with E-state index in [2.05, 4.69) is 5.32 Å². The molecule has 5 heteroatoms. The van der Waals surface area contributed by atoms with Crippen LogP contribution in [0.4, 0.5) is 0 Å². The van der Waals surface area contributed by atoms with Crippen LogP contribution in [0.3, 0.4) is 0 Å². The number of esters is 1. The fraction of sp³-hybridized carbons (Fsp3) is 0.467. The molecule has 0 aromatic heterocycles. The Kier molecular flexibility index (Phi) is 7.17. The molecule has 0 aliphatic carbocycles. The third-order valence-electron chi connectivity index (χ3n) is 2.53. The number of carbonyl (C=O) groups excluding carboxylic acids is 2. The van der Waals surface area contributed by atoms with Gasteiger partial charge in [-0.2, -0.15) is 0 Å². The number of ether oxygens (including phenoxy) is 2. The molecule has 0 heterocycles. The first-order chi connectivity index (χ1) is 9.61. The van der Waals surface area contributed by atoms with Gasteiger partial charge in [-0.3, -0.25) is 9.59 Å². The molecular weight excluding hydrogens is 258 g/mol. The predicted molar refractivity (Wildman–Crippen MR) is 75.6 cm³/mol. The van der Waals surface area contributed by atoms with Crippen LogP contribution in [0.2, 0.25) is 0 Å². The van der Waals surface area contributed by atoms with E-state index in [1.165, 1.54) is 0 Å². The van der Waals surface area contributed by atoms with Crippen molar-refractivity contribution in [3.8, 4) is 5.75 Å². The highest BCUT2D eigenvalue weighted by atomic mass is 16.5. The Bertz CT molecular complexity index is 428. The van der Waals surface area contributed by atoms with E-state index in [1.807, 2.05) is 38.1 Å². The highest BCUT2D eigenvalue weighted by molar-refractivity contribution is 5.80. The maximum Gasteiger partial charge on any atom is 0.309 e. The molecule has 1 aromatic rings. The second kappa shape index (κ2) is 8.96. The molecule has 20 heavy (non-hydrogen) atoms. The molecule has 0 fully saturated rings. The van der Waals surface area contributed by atoms with Crippen LogP contribution < -0.4 is 10.1 Å². The first kappa shape index (κ1) is 16.0. The summed E-state index contributed by atoms with van der Waals surface area (Å²) >= 11 is 0. The van der Waals surface area contributed by atoms with Gasteiger partial charge in [0.2, 0.25) is 0 Å². The smallest absolute Gasteiger partial charge is 0.309 e. The molecule has 1 rings (SSSR count). The third-order valence-corrected chi connectivity index (χ3v) is 2.53. The summed E-state index contributed by atoms with van der Waals surface area (Å²) in [5.74, 6) is -0.00694. The Morgan fingerprint density at radius 3 is 2.55 bits per heavy atom. The lowest BCUT2D eigenvalue weighted by molar-refractivity contribution is -0.149. The van der Waals surface area contributed by atoms with Crippen molar-refractivity contribution in [1.29, 1.82) is 0 Å². The number of nitrogens with one attached hydrogen (secondary N) is 1. The van der Waals surface area contributed by atoms with E-state index >= 15 is 0 Å². The molecule has 0 spiro atoms. The van der Waals surface area contributed by atoms with E-state index < -0.39 is 5.97 Å². The van der Waals surface area contributed by atoms with Gasteiger partial charge in [0.25, 0.3) is 5.91 Å². The van der Waals surface area contributed by atoms with Crippen molar-refractivity contribution in [3.05, 3.63) is 29.8 Å². The summed E-state index contributed by atoms with van der Waals surface area (Å²) in [6, 6.07) is 7.56. The van der Waals surface area contributed by atoms with Gasteiger partial charge in [0.05, 0.1) is 13.0 Å². The molecular formula is C15H21NO4. The van der Waals surface area contributed by atoms with E-state index in [4.69, 9.17) is 9.47 Å². The number of aryl methyl sites for hydroxylation is 1. The lowest BCUT2D eigenvalue weighted by Gasteiger charge is -2.07. The van der Waals surface area contributed by atoms with E-state index in [0.717, 1.165) is 12.0 Å². The lowest BCUT2D eigenvalue weighted by atomic mass is 10.2. The van der Waals surface area contributed by atoms with Crippen molar-refractivity contribution < 1.29 is 19.1 Å². The van der Waals surface area contributed by atoms with Crippen LogP contribution in [0.5, 0.6) is 5.75 Å². The number of rotatable bonds is 8. The van der Waals surface area contributed by atoms with Gasteiger partial charge in [0.15, 0.2) is 6.61 Å². The number of amides is 1. The molecule has 1 amide bonds. The van der Waals surface area contributed by atoms with Gasteiger partial charge in [0, 0.05) is 6.54 Å². The summed E-state index contributed by atoms with van der Waals surface area (Å²) in [6.07, 6.45) is 0.971. The van der Waals surface area contributed by atoms with Crippen LogP contribution in [0.15, 0.2) is 24.3 Å². The highest BCUT2D eigenvalue weighted by Gasteiger charge is 2.07. The van der Waals surface area contributed by atoms with Crippen LogP contribution in [0.25, 0.3) is 0 Å². The topological polar surface area (TPSA) is 64.6 Å². The summed E-state index contributed by atoms with van der Waals surface area (Å²) in [4.78, 5) is 22.6. The van der Waals surface area contributed by atoms with Gasteiger partial charge in [-0.25, -0.2) is 0 Å². The van der Waals surface area contributed by atoms with Gasteiger partial charge in [-0.1, -0.05) is 24.6 Å². The first-order valence-corrected chi connectivity index (χ1v) is 6.73. The minimum absolute atomic E-state index is 0.120. The summed E-state index contributed by atoms with van der Waals surface area (Å²) in [5.41, 5.74) is 1.15. The average Bonchev–Trinajstić information content (AvgIpc) is 2.45. The molecule has 0 radical (unpaired) electrons. The number of hydrogen-bond donors (Lipinski definition) is 1. The minimum atomic E-state index is -0.441. The Morgan fingerprint density at radius 1 is 1.20 bits per heavy atom. The van der Waals surface area contributed by atoms with Gasteiger partial charge < -0.3 is 14.8 Å². The summed E-state index contributed by atoms with van der Waals surface area (Å²) < 4.78 is 10.2. The maximum atomic E-state index is 11.4. The Balaban J connectivity index is 2.14. The Labute approximate surface area is 119 Å². The molecule has 0 saturated carbocycles. The number of hydrogen-bond acceptors (Lipinski definition) is 4. The summed E-state index contributed by atoms with van der Waals surface area (Å²) in [6.45, 7) is 4.54. The zero-order valence-corrected chi connectivity index (χ0v) is 12.0. The van der Waals surface area contributed by atoms with Crippen LogP contribution in [0.1, 0.15) is 25.3 Å². The molecule has 1 aromatic carbocycles. The van der Waals surface area contributed by atoms with E-state index in [1.54, 1.807) is 0 Å². The second-order valence-electron chi connectivity index (χ2n) is 4.42. The maximum absolute atomic E-state index is 11.4. The monoisotopic (exact) mass is 279 g/mol. The zero-order chi connectivity index (χ0) is 14.8. The lowest BCUT2D eigenvalue weighted by Crippen LogP contribution is -2.29. The zero-order valence-electron chi connectivity index (χ0n) is 12.0. The van der Waals surface area contributed by atoms with Crippen molar-refractivity contribution >= 4 is 11.9 Å². The molecule has 5 nitrogen and oxygen atoms in total. The molecule has 0 atom stereocenters. The van der Waals surface area contributed by atoms with Gasteiger partial charge in [-0.15, -0.1) is 0 Å². The third kappa shape index (κ3) is 6.78. The van der Waals surface area contributed by atoms with Crippen LogP contribution in [0, 0.1) is 6.92 Å². The highest BCUT2D eigenvalue weighted by Crippen LogP contribution is 2.11.